The molecule has 0 saturated carbocycles. The van der Waals surface area contributed by atoms with Gasteiger partial charge in [0.05, 0.1) is 6.67 Å². The first kappa shape index (κ1) is 8.94. The van der Waals surface area contributed by atoms with Gasteiger partial charge in [-0.1, -0.05) is 12.1 Å². The molecule has 3 nitrogen and oxygen atoms in total. The SMILES string of the molecule is CN1C=CN(Cc2cccc(N)c2)C1. The van der Waals surface area contributed by atoms with Crippen LogP contribution in [0.2, 0.25) is 0 Å². The normalized spacial score (nSPS) is 15.2. The Balaban J connectivity index is 2.01. The van der Waals surface area contributed by atoms with Crippen LogP contribution >= 0.6 is 0 Å². The predicted octanol–water partition coefficient (Wildman–Crippen LogP) is 1.44. The molecule has 1 aromatic rings. The van der Waals surface area contributed by atoms with Crippen molar-refractivity contribution in [3.05, 3.63) is 42.2 Å². The molecule has 0 saturated heterocycles. The van der Waals surface area contributed by atoms with Gasteiger partial charge >= 0.3 is 0 Å². The van der Waals surface area contributed by atoms with Crippen molar-refractivity contribution in [3.8, 4) is 0 Å². The van der Waals surface area contributed by atoms with E-state index in [-0.39, 0.29) is 0 Å². The average molecular weight is 189 g/mol. The van der Waals surface area contributed by atoms with Crippen molar-refractivity contribution < 1.29 is 0 Å². The molecular weight excluding hydrogens is 174 g/mol. The highest BCUT2D eigenvalue weighted by Crippen LogP contribution is 2.12. The molecule has 0 unspecified atom stereocenters. The van der Waals surface area contributed by atoms with Crippen LogP contribution in [0, 0.1) is 0 Å². The van der Waals surface area contributed by atoms with Crippen molar-refractivity contribution >= 4 is 5.69 Å². The van der Waals surface area contributed by atoms with Crippen LogP contribution < -0.4 is 5.73 Å². The van der Waals surface area contributed by atoms with Crippen molar-refractivity contribution in [1.82, 2.24) is 9.80 Å². The second-order valence-corrected chi connectivity index (χ2v) is 3.69. The van der Waals surface area contributed by atoms with Gasteiger partial charge in [0, 0.05) is 31.7 Å². The van der Waals surface area contributed by atoms with Crippen LogP contribution in [-0.4, -0.2) is 23.5 Å². The third-order valence-corrected chi connectivity index (χ3v) is 2.27. The van der Waals surface area contributed by atoms with Crippen molar-refractivity contribution in [2.75, 3.05) is 19.5 Å². The summed E-state index contributed by atoms with van der Waals surface area (Å²) in [5.41, 5.74) is 7.80. The molecule has 0 atom stereocenters. The van der Waals surface area contributed by atoms with Crippen LogP contribution in [0.15, 0.2) is 36.7 Å². The van der Waals surface area contributed by atoms with Crippen LogP contribution in [0.25, 0.3) is 0 Å². The number of hydrogen-bond acceptors (Lipinski definition) is 3. The molecule has 1 aliphatic rings. The Kier molecular flexibility index (Phi) is 2.31. The number of nitrogens with zero attached hydrogens (tertiary/aromatic N) is 2. The topological polar surface area (TPSA) is 32.5 Å². The van der Waals surface area contributed by atoms with E-state index in [0.717, 1.165) is 18.9 Å². The van der Waals surface area contributed by atoms with Crippen LogP contribution in [0.1, 0.15) is 5.56 Å². The molecule has 14 heavy (non-hydrogen) atoms. The van der Waals surface area contributed by atoms with Crippen LogP contribution in [-0.2, 0) is 6.54 Å². The first-order valence-electron chi connectivity index (χ1n) is 4.71. The van der Waals surface area contributed by atoms with Gasteiger partial charge in [0.15, 0.2) is 0 Å². The molecule has 0 aliphatic carbocycles. The fourth-order valence-electron chi connectivity index (χ4n) is 1.62. The summed E-state index contributed by atoms with van der Waals surface area (Å²) in [5, 5.41) is 0. The second-order valence-electron chi connectivity index (χ2n) is 3.69. The van der Waals surface area contributed by atoms with Gasteiger partial charge in [-0.25, -0.2) is 0 Å². The summed E-state index contributed by atoms with van der Waals surface area (Å²) in [7, 11) is 2.07. The summed E-state index contributed by atoms with van der Waals surface area (Å²) in [6.07, 6.45) is 4.18. The van der Waals surface area contributed by atoms with E-state index in [2.05, 4.69) is 35.3 Å². The Morgan fingerprint density at radius 2 is 2.21 bits per heavy atom. The van der Waals surface area contributed by atoms with Gasteiger partial charge in [0.25, 0.3) is 0 Å². The fraction of sp³-hybridized carbons (Fsp3) is 0.273. The summed E-state index contributed by atoms with van der Waals surface area (Å²) in [4.78, 5) is 4.39. The minimum atomic E-state index is 0.832. The lowest BCUT2D eigenvalue weighted by Gasteiger charge is -2.18. The summed E-state index contributed by atoms with van der Waals surface area (Å²) < 4.78 is 0. The van der Waals surface area contributed by atoms with E-state index in [1.807, 2.05) is 18.2 Å². The largest absolute Gasteiger partial charge is 0.399 e. The molecule has 1 heterocycles. The summed E-state index contributed by atoms with van der Waals surface area (Å²) >= 11 is 0. The lowest BCUT2D eigenvalue weighted by atomic mass is 10.2. The monoisotopic (exact) mass is 189 g/mol. The summed E-state index contributed by atoms with van der Waals surface area (Å²) in [6.45, 7) is 1.88. The molecule has 0 spiro atoms. The Bertz CT molecular complexity index is 346. The summed E-state index contributed by atoms with van der Waals surface area (Å²) in [6, 6.07) is 8.03. The lowest BCUT2D eigenvalue weighted by Crippen LogP contribution is -2.21. The number of benzene rings is 1. The van der Waals surface area contributed by atoms with Crippen molar-refractivity contribution in [3.63, 3.8) is 0 Å². The lowest BCUT2D eigenvalue weighted by molar-refractivity contribution is 0.291. The van der Waals surface area contributed by atoms with Gasteiger partial charge in [-0.2, -0.15) is 0 Å². The van der Waals surface area contributed by atoms with Crippen LogP contribution in [0.3, 0.4) is 0 Å². The molecule has 1 aliphatic heterocycles. The molecule has 3 heteroatoms. The fourth-order valence-corrected chi connectivity index (χ4v) is 1.62. The Hall–Kier alpha value is -1.64. The quantitative estimate of drug-likeness (QED) is 0.715. The maximum atomic E-state index is 5.71. The van der Waals surface area contributed by atoms with E-state index in [1.165, 1.54) is 5.56 Å². The van der Waals surface area contributed by atoms with Gasteiger partial charge in [0.2, 0.25) is 0 Å². The third-order valence-electron chi connectivity index (χ3n) is 2.27. The highest BCUT2D eigenvalue weighted by Gasteiger charge is 2.08. The minimum absolute atomic E-state index is 0.832. The number of rotatable bonds is 2. The van der Waals surface area contributed by atoms with E-state index in [9.17, 15) is 0 Å². The van der Waals surface area contributed by atoms with Crippen LogP contribution in [0.5, 0.6) is 0 Å². The molecule has 0 fully saturated rings. The van der Waals surface area contributed by atoms with E-state index in [0.29, 0.717) is 0 Å². The molecule has 0 radical (unpaired) electrons. The molecule has 1 aromatic carbocycles. The molecule has 2 rings (SSSR count). The highest BCUT2D eigenvalue weighted by atomic mass is 15.3. The van der Waals surface area contributed by atoms with E-state index >= 15 is 0 Å². The Labute approximate surface area is 84.4 Å². The average Bonchev–Trinajstić information content (AvgIpc) is 2.51. The Morgan fingerprint density at radius 1 is 1.36 bits per heavy atom. The third kappa shape index (κ3) is 1.99. The number of nitrogen functional groups attached to an aromatic ring is 1. The number of anilines is 1. The van der Waals surface area contributed by atoms with Gasteiger partial charge in [-0.15, -0.1) is 0 Å². The van der Waals surface area contributed by atoms with Gasteiger partial charge in [0.1, 0.15) is 0 Å². The summed E-state index contributed by atoms with van der Waals surface area (Å²) in [5.74, 6) is 0. The van der Waals surface area contributed by atoms with Crippen LogP contribution in [0.4, 0.5) is 5.69 Å². The zero-order chi connectivity index (χ0) is 9.97. The van der Waals surface area contributed by atoms with Gasteiger partial charge in [-0.05, 0) is 17.7 Å². The van der Waals surface area contributed by atoms with E-state index < -0.39 is 0 Å². The maximum Gasteiger partial charge on any atom is 0.0894 e. The molecule has 2 N–H and O–H groups in total. The minimum Gasteiger partial charge on any atom is -0.399 e. The second kappa shape index (κ2) is 3.62. The van der Waals surface area contributed by atoms with Crippen molar-refractivity contribution in [2.45, 2.75) is 6.54 Å². The van der Waals surface area contributed by atoms with E-state index in [1.54, 1.807) is 0 Å². The first-order chi connectivity index (χ1) is 6.74. The molecule has 74 valence electrons. The van der Waals surface area contributed by atoms with Crippen molar-refractivity contribution in [2.24, 2.45) is 0 Å². The van der Waals surface area contributed by atoms with Crippen molar-refractivity contribution in [1.29, 1.82) is 0 Å². The smallest absolute Gasteiger partial charge is 0.0894 e. The maximum absolute atomic E-state index is 5.71. The number of nitrogens with two attached hydrogens (primary N) is 1. The molecular formula is C11H15N3. The standard InChI is InChI=1S/C11H15N3/c1-13-5-6-14(9-13)8-10-3-2-4-11(12)7-10/h2-7H,8-9,12H2,1H3. The first-order valence-corrected chi connectivity index (χ1v) is 4.71. The Morgan fingerprint density at radius 3 is 2.86 bits per heavy atom. The zero-order valence-electron chi connectivity index (χ0n) is 8.35. The van der Waals surface area contributed by atoms with Gasteiger partial charge in [-0.3, -0.25) is 0 Å². The zero-order valence-corrected chi connectivity index (χ0v) is 8.35. The van der Waals surface area contributed by atoms with Gasteiger partial charge < -0.3 is 15.5 Å². The predicted molar refractivity (Wildman–Crippen MR) is 58.2 cm³/mol. The number of hydrogen-bond donors (Lipinski definition) is 1. The highest BCUT2D eigenvalue weighted by molar-refractivity contribution is 5.40. The molecule has 0 bridgehead atoms. The van der Waals surface area contributed by atoms with E-state index in [4.69, 9.17) is 5.73 Å². The molecule has 0 amide bonds. The molecule has 0 aromatic heterocycles.